The smallest absolute Gasteiger partial charge is 0.335 e. The molecule has 0 amide bonds. The topological polar surface area (TPSA) is 166 Å². The van der Waals surface area contributed by atoms with E-state index in [2.05, 4.69) is 36.9 Å². The first-order valence-electron chi connectivity index (χ1n) is 16.0. The molecule has 48 heavy (non-hydrogen) atoms. The summed E-state index contributed by atoms with van der Waals surface area (Å²) in [6, 6.07) is 12.6. The number of aryl methyl sites for hydroxylation is 2. The van der Waals surface area contributed by atoms with Gasteiger partial charge in [-0.15, -0.1) is 0 Å². The van der Waals surface area contributed by atoms with Crippen LogP contribution in [0, 0.1) is 19.3 Å². The number of anilines is 1. The second kappa shape index (κ2) is 14.7. The molecule has 1 unspecified atom stereocenters. The monoisotopic (exact) mass is 674 g/mol. The van der Waals surface area contributed by atoms with Crippen molar-refractivity contribution < 1.29 is 27.8 Å². The van der Waals surface area contributed by atoms with Gasteiger partial charge in [-0.05, 0) is 81.7 Å². The third-order valence-electron chi connectivity index (χ3n) is 8.39. The number of hydrogen-bond donors (Lipinski definition) is 3. The van der Waals surface area contributed by atoms with Gasteiger partial charge in [-0.1, -0.05) is 37.6 Å². The van der Waals surface area contributed by atoms with Crippen molar-refractivity contribution in [1.82, 2.24) is 25.3 Å². The number of aromatic nitrogens is 4. The Labute approximate surface area is 281 Å². The van der Waals surface area contributed by atoms with Crippen molar-refractivity contribution in [3.05, 3.63) is 83.4 Å². The number of carbonyl (C=O) groups is 1. The van der Waals surface area contributed by atoms with Gasteiger partial charge in [0.2, 0.25) is 11.8 Å². The second-order valence-corrected chi connectivity index (χ2v) is 14.6. The maximum absolute atomic E-state index is 13.4. The van der Waals surface area contributed by atoms with E-state index in [1.165, 1.54) is 24.6 Å². The highest BCUT2D eigenvalue weighted by molar-refractivity contribution is 7.92. The van der Waals surface area contributed by atoms with Gasteiger partial charge in [0.25, 0.3) is 10.0 Å². The number of sulfonamides is 1. The van der Waals surface area contributed by atoms with Crippen molar-refractivity contribution >= 4 is 21.9 Å². The van der Waals surface area contributed by atoms with Crippen LogP contribution in [-0.2, 0) is 16.6 Å². The van der Waals surface area contributed by atoms with E-state index < -0.39 is 16.0 Å². The molecule has 13 heteroatoms. The summed E-state index contributed by atoms with van der Waals surface area (Å²) >= 11 is 0. The molecule has 2 heterocycles. The molecule has 1 aliphatic rings. The number of nitrogens with one attached hydrogen (secondary N) is 2. The lowest BCUT2D eigenvalue weighted by molar-refractivity contribution is 0.0696. The summed E-state index contributed by atoms with van der Waals surface area (Å²) < 4.78 is 41.1. The van der Waals surface area contributed by atoms with Crippen LogP contribution < -0.4 is 19.5 Å². The molecule has 5 rings (SSSR count). The normalized spacial score (nSPS) is 14.6. The zero-order chi connectivity index (χ0) is 34.5. The molecule has 12 nitrogen and oxygen atoms in total. The number of ether oxygens (including phenoxy) is 2. The lowest BCUT2D eigenvalue weighted by atomic mass is 9.67. The minimum absolute atomic E-state index is 0.0262. The molecule has 4 aromatic rings. The van der Waals surface area contributed by atoms with Crippen LogP contribution in [0.5, 0.6) is 11.6 Å². The third kappa shape index (κ3) is 8.84. The van der Waals surface area contributed by atoms with Gasteiger partial charge in [-0.3, -0.25) is 0 Å². The minimum atomic E-state index is -4.23. The van der Waals surface area contributed by atoms with Crippen LogP contribution in [0.4, 0.5) is 5.95 Å². The zero-order valence-electron chi connectivity index (χ0n) is 27.9. The second-order valence-electron chi connectivity index (χ2n) is 12.9. The van der Waals surface area contributed by atoms with Crippen LogP contribution in [0.1, 0.15) is 73.8 Å². The highest BCUT2D eigenvalue weighted by Gasteiger charge is 2.34. The van der Waals surface area contributed by atoms with E-state index in [9.17, 15) is 18.3 Å². The zero-order valence-corrected chi connectivity index (χ0v) is 28.7. The van der Waals surface area contributed by atoms with Gasteiger partial charge in [0.05, 0.1) is 41.2 Å². The average molecular weight is 675 g/mol. The van der Waals surface area contributed by atoms with Gasteiger partial charge in [0, 0.05) is 17.7 Å². The quantitative estimate of drug-likeness (QED) is 0.136. The summed E-state index contributed by atoms with van der Waals surface area (Å²) in [5.41, 5.74) is 3.24. The number of benzene rings is 2. The van der Waals surface area contributed by atoms with Crippen LogP contribution in [0.3, 0.4) is 0 Å². The summed E-state index contributed by atoms with van der Waals surface area (Å²) in [6.07, 6.45) is 7.66. The number of carboxylic acids is 1. The van der Waals surface area contributed by atoms with Gasteiger partial charge < -0.3 is 19.9 Å². The van der Waals surface area contributed by atoms with Crippen molar-refractivity contribution in [2.75, 3.05) is 11.3 Å². The summed E-state index contributed by atoms with van der Waals surface area (Å²) in [7, 11) is -4.23. The first-order chi connectivity index (χ1) is 22.8. The van der Waals surface area contributed by atoms with E-state index >= 15 is 0 Å². The summed E-state index contributed by atoms with van der Waals surface area (Å²) in [4.78, 5) is 29.1. The third-order valence-corrected chi connectivity index (χ3v) is 9.72. The molecule has 1 saturated carbocycles. The van der Waals surface area contributed by atoms with Crippen molar-refractivity contribution in [1.29, 1.82) is 0 Å². The summed E-state index contributed by atoms with van der Waals surface area (Å²) in [5, 5.41) is 12.9. The molecule has 1 aliphatic carbocycles. The summed E-state index contributed by atoms with van der Waals surface area (Å²) in [6.45, 7) is 10.7. The van der Waals surface area contributed by atoms with Crippen LogP contribution in [0.2, 0.25) is 0 Å². The predicted molar refractivity (Wildman–Crippen MR) is 182 cm³/mol. The molecule has 0 radical (unpaired) electrons. The molecule has 1 fully saturated rings. The average Bonchev–Trinajstić information content (AvgIpc) is 3.01. The van der Waals surface area contributed by atoms with E-state index in [0.717, 1.165) is 42.0 Å². The fourth-order valence-corrected chi connectivity index (χ4v) is 6.81. The number of rotatable bonds is 15. The minimum Gasteiger partial charge on any atom is -0.488 e. The molecular weight excluding hydrogens is 632 g/mol. The van der Waals surface area contributed by atoms with Gasteiger partial charge in [-0.2, -0.15) is 4.98 Å². The number of nitrogens with zero attached hydrogens (tertiary/aromatic N) is 4. The van der Waals surface area contributed by atoms with Gasteiger partial charge in [0.1, 0.15) is 12.4 Å². The van der Waals surface area contributed by atoms with Crippen LogP contribution in [0.25, 0.3) is 11.3 Å². The standard InChI is InChI=1S/C35H42N6O6S/c1-22(2)47-27-18-37-30(38-19-27)20-36-26(17-35(5)13-8-14-35)21-46-31-16-29(32-23(3)9-6-10-24(32)4)39-34(40-31)41-48(44,45)28-12-7-11-25(15-28)33(42)43/h6-7,9-12,15-16,18-19,22,26,36H,8,13-14,17,20-21H2,1-5H3,(H,42,43)(H,39,40,41). The van der Waals surface area contributed by atoms with Crippen molar-refractivity contribution in [2.45, 2.75) is 83.9 Å². The molecule has 0 bridgehead atoms. The van der Waals surface area contributed by atoms with E-state index in [4.69, 9.17) is 9.47 Å². The van der Waals surface area contributed by atoms with Crippen molar-refractivity contribution in [2.24, 2.45) is 5.41 Å². The van der Waals surface area contributed by atoms with Gasteiger partial charge in [-0.25, -0.2) is 32.9 Å². The van der Waals surface area contributed by atoms with Crippen LogP contribution in [-0.4, -0.2) is 58.2 Å². The SMILES string of the molecule is Cc1cccc(C)c1-c1cc(OCC(CC2(C)CCC2)NCc2ncc(OC(C)C)cn2)nc(NS(=O)(=O)c2cccc(C(=O)O)c2)n1. The lowest BCUT2D eigenvalue weighted by Gasteiger charge is -2.41. The Hall–Kier alpha value is -4.62. The Morgan fingerprint density at radius 1 is 1.02 bits per heavy atom. The van der Waals surface area contributed by atoms with Gasteiger partial charge in [0.15, 0.2) is 5.75 Å². The van der Waals surface area contributed by atoms with Crippen molar-refractivity contribution in [3.8, 4) is 22.9 Å². The van der Waals surface area contributed by atoms with Crippen LogP contribution in [0.15, 0.2) is 65.8 Å². The molecule has 0 saturated heterocycles. The predicted octanol–water partition coefficient (Wildman–Crippen LogP) is 5.95. The fourth-order valence-electron chi connectivity index (χ4n) is 5.82. The summed E-state index contributed by atoms with van der Waals surface area (Å²) in [5.74, 6) is -0.00767. The Kier molecular flexibility index (Phi) is 10.6. The van der Waals surface area contributed by atoms with E-state index in [1.807, 2.05) is 45.9 Å². The maximum atomic E-state index is 13.4. The molecule has 0 aliphatic heterocycles. The molecule has 0 spiro atoms. The van der Waals surface area contributed by atoms with E-state index in [0.29, 0.717) is 23.8 Å². The molecule has 3 N–H and O–H groups in total. The Morgan fingerprint density at radius 3 is 2.33 bits per heavy atom. The first kappa shape index (κ1) is 34.7. The molecule has 1 atom stereocenters. The molecular formula is C35H42N6O6S. The molecule has 2 aromatic heterocycles. The fraction of sp³-hybridized carbons (Fsp3) is 0.400. The Balaban J connectivity index is 1.41. The largest absolute Gasteiger partial charge is 0.488 e. The molecule has 254 valence electrons. The highest BCUT2D eigenvalue weighted by atomic mass is 32.2. The lowest BCUT2D eigenvalue weighted by Crippen LogP contribution is -2.41. The highest BCUT2D eigenvalue weighted by Crippen LogP contribution is 2.44. The first-order valence-corrected chi connectivity index (χ1v) is 17.4. The van der Waals surface area contributed by atoms with E-state index in [-0.39, 0.29) is 46.5 Å². The number of carboxylic acid groups (broad SMARTS) is 1. The maximum Gasteiger partial charge on any atom is 0.335 e. The molecule has 2 aromatic carbocycles. The van der Waals surface area contributed by atoms with Crippen LogP contribution >= 0.6 is 0 Å². The Bertz CT molecular complexity index is 1840. The number of hydrogen-bond acceptors (Lipinski definition) is 10. The van der Waals surface area contributed by atoms with Gasteiger partial charge >= 0.3 is 5.97 Å². The number of aromatic carboxylic acids is 1. The van der Waals surface area contributed by atoms with Crippen molar-refractivity contribution in [3.63, 3.8) is 0 Å². The Morgan fingerprint density at radius 2 is 1.71 bits per heavy atom. The van der Waals surface area contributed by atoms with E-state index in [1.54, 1.807) is 18.5 Å².